The van der Waals surface area contributed by atoms with Gasteiger partial charge in [-0.05, 0) is 19.8 Å². The van der Waals surface area contributed by atoms with Gasteiger partial charge in [0.05, 0.1) is 7.11 Å². The molecule has 2 radical (unpaired) electrons. The zero-order chi connectivity index (χ0) is 14.3. The number of carbonyl (C=O) groups excluding carboxylic acids is 1. The lowest BCUT2D eigenvalue weighted by Crippen LogP contribution is -2.15. The normalized spacial score (nSPS) is 12.4. The summed E-state index contributed by atoms with van der Waals surface area (Å²) in [5.74, 6) is -0.155. The first kappa shape index (κ1) is 18.9. The SMILES string of the molecule is [CH]CCCCCCCCCCCCC(Br)C(=O)OC. The smallest absolute Gasteiger partial charge is 0.319 e. The first-order valence-corrected chi connectivity index (χ1v) is 8.56. The lowest BCUT2D eigenvalue weighted by molar-refractivity contribution is -0.139. The van der Waals surface area contributed by atoms with Crippen LogP contribution >= 0.6 is 15.9 Å². The molecule has 0 aromatic heterocycles. The summed E-state index contributed by atoms with van der Waals surface area (Å²) < 4.78 is 4.67. The van der Waals surface area contributed by atoms with E-state index in [1.165, 1.54) is 64.9 Å². The average Bonchev–Trinajstić information content (AvgIpc) is 2.43. The number of hydrogen-bond acceptors (Lipinski definition) is 2. The molecule has 0 aliphatic carbocycles. The lowest BCUT2D eigenvalue weighted by Gasteiger charge is -2.07. The molecule has 0 heterocycles. The molecule has 0 N–H and O–H groups in total. The van der Waals surface area contributed by atoms with Gasteiger partial charge in [0.2, 0.25) is 0 Å². The Morgan fingerprint density at radius 2 is 1.37 bits per heavy atom. The summed E-state index contributed by atoms with van der Waals surface area (Å²) in [6.07, 6.45) is 14.5. The van der Waals surface area contributed by atoms with E-state index >= 15 is 0 Å². The van der Waals surface area contributed by atoms with Gasteiger partial charge in [0.15, 0.2) is 0 Å². The molecule has 0 rings (SSSR count). The zero-order valence-corrected chi connectivity index (χ0v) is 13.9. The van der Waals surface area contributed by atoms with E-state index in [-0.39, 0.29) is 10.8 Å². The van der Waals surface area contributed by atoms with Crippen molar-refractivity contribution < 1.29 is 9.53 Å². The maximum Gasteiger partial charge on any atom is 0.319 e. The topological polar surface area (TPSA) is 26.3 Å². The Labute approximate surface area is 127 Å². The number of unbranched alkanes of at least 4 members (excludes halogenated alkanes) is 10. The van der Waals surface area contributed by atoms with Crippen LogP contribution in [0.2, 0.25) is 0 Å². The van der Waals surface area contributed by atoms with E-state index in [1.807, 2.05) is 0 Å². The second-order valence-corrected chi connectivity index (χ2v) is 6.21. The number of esters is 1. The Morgan fingerprint density at radius 1 is 0.947 bits per heavy atom. The van der Waals surface area contributed by atoms with E-state index < -0.39 is 0 Å². The van der Waals surface area contributed by atoms with Crippen molar-refractivity contribution in [2.24, 2.45) is 0 Å². The number of hydrogen-bond donors (Lipinski definition) is 0. The highest BCUT2D eigenvalue weighted by atomic mass is 79.9. The highest BCUT2D eigenvalue weighted by Gasteiger charge is 2.13. The molecule has 0 aliphatic rings. The minimum atomic E-state index is -0.155. The number of halogens is 1. The van der Waals surface area contributed by atoms with Gasteiger partial charge < -0.3 is 4.74 Å². The zero-order valence-electron chi connectivity index (χ0n) is 12.3. The van der Waals surface area contributed by atoms with E-state index in [0.717, 1.165) is 19.3 Å². The number of ether oxygens (including phenoxy) is 1. The minimum absolute atomic E-state index is 0.125. The molecule has 112 valence electrons. The van der Waals surface area contributed by atoms with Gasteiger partial charge >= 0.3 is 5.97 Å². The van der Waals surface area contributed by atoms with Crippen molar-refractivity contribution >= 4 is 21.9 Å². The first-order chi connectivity index (χ1) is 9.22. The Bertz CT molecular complexity index is 207. The molecule has 0 spiro atoms. The van der Waals surface area contributed by atoms with Crippen LogP contribution in [0.5, 0.6) is 0 Å². The summed E-state index contributed by atoms with van der Waals surface area (Å²) in [6.45, 7) is 5.45. The van der Waals surface area contributed by atoms with Crippen molar-refractivity contribution in [2.75, 3.05) is 7.11 Å². The summed E-state index contributed by atoms with van der Waals surface area (Å²) >= 11 is 3.34. The van der Waals surface area contributed by atoms with Crippen molar-refractivity contribution in [3.8, 4) is 0 Å². The van der Waals surface area contributed by atoms with Crippen LogP contribution in [0.25, 0.3) is 0 Å². The third kappa shape index (κ3) is 12.7. The van der Waals surface area contributed by atoms with E-state index in [0.29, 0.717) is 0 Å². The predicted molar refractivity (Wildman–Crippen MR) is 84.4 cm³/mol. The molecule has 0 amide bonds. The Morgan fingerprint density at radius 3 is 1.79 bits per heavy atom. The summed E-state index contributed by atoms with van der Waals surface area (Å²) in [5.41, 5.74) is 0. The van der Waals surface area contributed by atoms with Crippen LogP contribution in [0, 0.1) is 6.92 Å². The third-order valence-corrected chi connectivity index (χ3v) is 4.20. The van der Waals surface area contributed by atoms with Crippen LogP contribution in [0.3, 0.4) is 0 Å². The fourth-order valence-electron chi connectivity index (χ4n) is 2.13. The quantitative estimate of drug-likeness (QED) is 0.259. The van der Waals surface area contributed by atoms with Crippen LogP contribution in [-0.2, 0) is 9.53 Å². The van der Waals surface area contributed by atoms with E-state index in [1.54, 1.807) is 0 Å². The van der Waals surface area contributed by atoms with Crippen LogP contribution < -0.4 is 0 Å². The Hall–Kier alpha value is -0.0500. The van der Waals surface area contributed by atoms with Crippen molar-refractivity contribution in [1.82, 2.24) is 0 Å². The Kier molecular flexibility index (Phi) is 14.3. The molecular weight excluding hydrogens is 304 g/mol. The second-order valence-electron chi connectivity index (χ2n) is 5.10. The fraction of sp³-hybridized carbons (Fsp3) is 0.875. The molecule has 0 saturated heterocycles. The predicted octanol–water partition coefficient (Wildman–Crippen LogP) is 5.32. The maximum absolute atomic E-state index is 11.1. The molecule has 0 saturated carbocycles. The van der Waals surface area contributed by atoms with E-state index in [2.05, 4.69) is 20.7 Å². The molecule has 1 unspecified atom stereocenters. The summed E-state index contributed by atoms with van der Waals surface area (Å²) in [5, 5.41) is 0. The highest BCUT2D eigenvalue weighted by molar-refractivity contribution is 9.10. The molecule has 0 aromatic carbocycles. The minimum Gasteiger partial charge on any atom is -0.468 e. The lowest BCUT2D eigenvalue weighted by atomic mass is 10.0. The summed E-state index contributed by atoms with van der Waals surface area (Å²) in [6, 6.07) is 0. The maximum atomic E-state index is 11.1. The van der Waals surface area contributed by atoms with Crippen LogP contribution in [0.15, 0.2) is 0 Å². The van der Waals surface area contributed by atoms with Crippen molar-refractivity contribution in [3.05, 3.63) is 6.92 Å². The first-order valence-electron chi connectivity index (χ1n) is 7.64. The van der Waals surface area contributed by atoms with Crippen molar-refractivity contribution in [3.63, 3.8) is 0 Å². The average molecular weight is 333 g/mol. The Balaban J connectivity index is 3.12. The van der Waals surface area contributed by atoms with Gasteiger partial charge in [0, 0.05) is 0 Å². The number of alkyl halides is 1. The van der Waals surface area contributed by atoms with Gasteiger partial charge in [0.25, 0.3) is 0 Å². The van der Waals surface area contributed by atoms with Gasteiger partial charge in [-0.1, -0.05) is 80.1 Å². The molecule has 3 heteroatoms. The fourth-order valence-corrected chi connectivity index (χ4v) is 2.64. The van der Waals surface area contributed by atoms with Crippen LogP contribution in [0.4, 0.5) is 0 Å². The summed E-state index contributed by atoms with van der Waals surface area (Å²) in [4.78, 5) is 11.0. The molecule has 0 fully saturated rings. The molecule has 0 aromatic rings. The standard InChI is InChI=1S/C16H29BrO2/c1-3-4-5-6-7-8-9-10-11-12-13-14-15(17)16(18)19-2/h1,15H,3-14H2,2H3. The van der Waals surface area contributed by atoms with Crippen molar-refractivity contribution in [2.45, 2.75) is 81.9 Å². The second kappa shape index (κ2) is 14.4. The monoisotopic (exact) mass is 332 g/mol. The molecule has 2 nitrogen and oxygen atoms in total. The van der Waals surface area contributed by atoms with Gasteiger partial charge in [-0.25, -0.2) is 0 Å². The van der Waals surface area contributed by atoms with Gasteiger partial charge in [-0.15, -0.1) is 0 Å². The number of methoxy groups -OCH3 is 1. The molecule has 0 aliphatic heterocycles. The van der Waals surface area contributed by atoms with Crippen molar-refractivity contribution in [1.29, 1.82) is 0 Å². The molecule has 1 atom stereocenters. The van der Waals surface area contributed by atoms with E-state index in [9.17, 15) is 4.79 Å². The molecule has 0 bridgehead atoms. The van der Waals surface area contributed by atoms with Gasteiger partial charge in [0.1, 0.15) is 4.83 Å². The molecule has 19 heavy (non-hydrogen) atoms. The van der Waals surface area contributed by atoms with Crippen LogP contribution in [-0.4, -0.2) is 17.9 Å². The van der Waals surface area contributed by atoms with Crippen LogP contribution in [0.1, 0.15) is 77.0 Å². The summed E-state index contributed by atoms with van der Waals surface area (Å²) in [7, 11) is 1.43. The van der Waals surface area contributed by atoms with Gasteiger partial charge in [-0.3, -0.25) is 4.79 Å². The highest BCUT2D eigenvalue weighted by Crippen LogP contribution is 2.15. The van der Waals surface area contributed by atoms with E-state index in [4.69, 9.17) is 6.92 Å². The number of rotatable bonds is 13. The number of carbonyl (C=O) groups is 1. The van der Waals surface area contributed by atoms with Gasteiger partial charge in [-0.2, -0.15) is 0 Å². The molecular formula is C16H29BrO2. The largest absolute Gasteiger partial charge is 0.468 e. The third-order valence-electron chi connectivity index (χ3n) is 3.37.